The third kappa shape index (κ3) is 2.27. The van der Waals surface area contributed by atoms with Gasteiger partial charge in [0.1, 0.15) is 12.4 Å². The number of aryl methyl sites for hydroxylation is 2. The minimum Gasteiger partial charge on any atom is -0.486 e. The van der Waals surface area contributed by atoms with Gasteiger partial charge in [-0.3, -0.25) is 0 Å². The third-order valence-electron chi connectivity index (χ3n) is 3.62. The number of para-hydroxylation sites is 1. The molecule has 0 aliphatic carbocycles. The Kier molecular flexibility index (Phi) is 3.41. The molecule has 0 aliphatic heterocycles. The van der Waals surface area contributed by atoms with Crippen molar-refractivity contribution in [1.29, 1.82) is 0 Å². The standard InChI is InChI=1S/C17H16ClNO/c1-12-6-5-8-16-14(12)10-13(19(16)2)11-20-17-9-4-3-7-15(17)18/h3-10H,11H2,1-2H3. The van der Waals surface area contributed by atoms with Crippen LogP contribution in [-0.2, 0) is 13.7 Å². The summed E-state index contributed by atoms with van der Waals surface area (Å²) in [6.45, 7) is 2.63. The molecule has 0 saturated heterocycles. The minimum atomic E-state index is 0.508. The van der Waals surface area contributed by atoms with Crippen molar-refractivity contribution in [3.63, 3.8) is 0 Å². The van der Waals surface area contributed by atoms with Gasteiger partial charge >= 0.3 is 0 Å². The van der Waals surface area contributed by atoms with Crippen molar-refractivity contribution in [3.05, 3.63) is 64.8 Å². The topological polar surface area (TPSA) is 14.2 Å². The molecule has 0 spiro atoms. The van der Waals surface area contributed by atoms with E-state index in [4.69, 9.17) is 16.3 Å². The molecule has 3 aromatic rings. The molecular formula is C17H16ClNO. The maximum atomic E-state index is 6.10. The van der Waals surface area contributed by atoms with E-state index in [1.807, 2.05) is 24.3 Å². The predicted octanol–water partition coefficient (Wildman–Crippen LogP) is 4.72. The van der Waals surface area contributed by atoms with Gasteiger partial charge in [-0.05, 0) is 36.8 Å². The van der Waals surface area contributed by atoms with E-state index < -0.39 is 0 Å². The van der Waals surface area contributed by atoms with Crippen molar-refractivity contribution in [2.75, 3.05) is 0 Å². The summed E-state index contributed by atoms with van der Waals surface area (Å²) in [6.07, 6.45) is 0. The van der Waals surface area contributed by atoms with E-state index in [-0.39, 0.29) is 0 Å². The average molecular weight is 286 g/mol. The quantitative estimate of drug-likeness (QED) is 0.679. The first-order valence-electron chi connectivity index (χ1n) is 6.58. The monoisotopic (exact) mass is 285 g/mol. The highest BCUT2D eigenvalue weighted by Crippen LogP contribution is 2.26. The van der Waals surface area contributed by atoms with Gasteiger partial charge in [-0.15, -0.1) is 0 Å². The number of rotatable bonds is 3. The van der Waals surface area contributed by atoms with Gasteiger partial charge in [-0.2, -0.15) is 0 Å². The fourth-order valence-electron chi connectivity index (χ4n) is 2.42. The maximum Gasteiger partial charge on any atom is 0.138 e. The summed E-state index contributed by atoms with van der Waals surface area (Å²) in [5.74, 6) is 0.719. The van der Waals surface area contributed by atoms with Gasteiger partial charge in [0.15, 0.2) is 0 Å². The number of hydrogen-bond acceptors (Lipinski definition) is 1. The molecule has 0 amide bonds. The molecule has 0 unspecified atom stereocenters. The molecule has 0 N–H and O–H groups in total. The summed E-state index contributed by atoms with van der Waals surface area (Å²) in [5.41, 5.74) is 3.64. The van der Waals surface area contributed by atoms with Crippen LogP contribution in [0.25, 0.3) is 10.9 Å². The average Bonchev–Trinajstić information content (AvgIpc) is 2.77. The van der Waals surface area contributed by atoms with Gasteiger partial charge in [0.05, 0.1) is 10.7 Å². The molecule has 0 aliphatic rings. The Bertz CT molecular complexity index is 761. The second-order valence-corrected chi connectivity index (χ2v) is 5.33. The van der Waals surface area contributed by atoms with Crippen LogP contribution in [0.4, 0.5) is 0 Å². The van der Waals surface area contributed by atoms with Crippen LogP contribution in [0.1, 0.15) is 11.3 Å². The minimum absolute atomic E-state index is 0.508. The number of halogens is 1. The molecule has 102 valence electrons. The van der Waals surface area contributed by atoms with E-state index >= 15 is 0 Å². The van der Waals surface area contributed by atoms with Crippen LogP contribution < -0.4 is 4.74 Å². The lowest BCUT2D eigenvalue weighted by Gasteiger charge is -2.08. The number of hydrogen-bond donors (Lipinski definition) is 0. The van der Waals surface area contributed by atoms with Gasteiger partial charge < -0.3 is 9.30 Å². The van der Waals surface area contributed by atoms with Crippen LogP contribution >= 0.6 is 11.6 Å². The molecule has 2 nitrogen and oxygen atoms in total. The van der Waals surface area contributed by atoms with Crippen LogP contribution in [0.15, 0.2) is 48.5 Å². The number of ether oxygens (including phenoxy) is 1. The molecule has 1 heterocycles. The highest BCUT2D eigenvalue weighted by molar-refractivity contribution is 6.32. The van der Waals surface area contributed by atoms with Gasteiger partial charge in [0, 0.05) is 18.0 Å². The number of nitrogens with zero attached hydrogens (tertiary/aromatic N) is 1. The summed E-state index contributed by atoms with van der Waals surface area (Å²) in [4.78, 5) is 0. The van der Waals surface area contributed by atoms with Crippen LogP contribution in [0, 0.1) is 6.92 Å². The molecule has 1 aromatic heterocycles. The molecule has 0 bridgehead atoms. The summed E-state index contributed by atoms with van der Waals surface area (Å²) in [5, 5.41) is 1.91. The molecular weight excluding hydrogens is 270 g/mol. The SMILES string of the molecule is Cc1cccc2c1cc(COc1ccccc1Cl)n2C. The molecule has 0 radical (unpaired) electrons. The molecule has 0 saturated carbocycles. The molecule has 20 heavy (non-hydrogen) atoms. The van der Waals surface area contributed by atoms with Gasteiger partial charge in [0.25, 0.3) is 0 Å². The van der Waals surface area contributed by atoms with Crippen LogP contribution in [-0.4, -0.2) is 4.57 Å². The summed E-state index contributed by atoms with van der Waals surface area (Å²) in [7, 11) is 2.06. The lowest BCUT2D eigenvalue weighted by molar-refractivity contribution is 0.298. The van der Waals surface area contributed by atoms with E-state index in [9.17, 15) is 0 Å². The van der Waals surface area contributed by atoms with Crippen molar-refractivity contribution in [2.24, 2.45) is 7.05 Å². The highest BCUT2D eigenvalue weighted by atomic mass is 35.5. The molecule has 0 atom stereocenters. The summed E-state index contributed by atoms with van der Waals surface area (Å²) >= 11 is 6.10. The van der Waals surface area contributed by atoms with E-state index in [2.05, 4.69) is 42.8 Å². The Hall–Kier alpha value is -1.93. The van der Waals surface area contributed by atoms with Crippen LogP contribution in [0.2, 0.25) is 5.02 Å². The zero-order chi connectivity index (χ0) is 14.1. The molecule has 3 rings (SSSR count). The van der Waals surface area contributed by atoms with E-state index in [0.29, 0.717) is 11.6 Å². The van der Waals surface area contributed by atoms with Gasteiger partial charge in [-0.1, -0.05) is 35.9 Å². The smallest absolute Gasteiger partial charge is 0.138 e. The second kappa shape index (κ2) is 5.22. The Morgan fingerprint density at radius 3 is 2.65 bits per heavy atom. The normalized spacial score (nSPS) is 10.9. The zero-order valence-corrected chi connectivity index (χ0v) is 12.3. The number of benzene rings is 2. The highest BCUT2D eigenvalue weighted by Gasteiger charge is 2.08. The summed E-state index contributed by atoms with van der Waals surface area (Å²) in [6, 6.07) is 16.1. The van der Waals surface area contributed by atoms with E-state index in [0.717, 1.165) is 11.4 Å². The first-order valence-corrected chi connectivity index (χ1v) is 6.96. The largest absolute Gasteiger partial charge is 0.486 e. The Balaban J connectivity index is 1.90. The van der Waals surface area contributed by atoms with Crippen molar-refractivity contribution in [1.82, 2.24) is 4.57 Å². The predicted molar refractivity (Wildman–Crippen MR) is 83.4 cm³/mol. The van der Waals surface area contributed by atoms with Crippen molar-refractivity contribution < 1.29 is 4.74 Å². The second-order valence-electron chi connectivity index (χ2n) is 4.92. The fraction of sp³-hybridized carbons (Fsp3) is 0.176. The Morgan fingerprint density at radius 2 is 1.90 bits per heavy atom. The molecule has 0 fully saturated rings. The van der Waals surface area contributed by atoms with E-state index in [1.165, 1.54) is 16.5 Å². The lowest BCUT2D eigenvalue weighted by Crippen LogP contribution is -2.01. The van der Waals surface area contributed by atoms with Crippen molar-refractivity contribution >= 4 is 22.5 Å². The molecule has 3 heteroatoms. The third-order valence-corrected chi connectivity index (χ3v) is 3.93. The number of fused-ring (bicyclic) bond motifs is 1. The van der Waals surface area contributed by atoms with Gasteiger partial charge in [0.2, 0.25) is 0 Å². The molecule has 2 aromatic carbocycles. The summed E-state index contributed by atoms with van der Waals surface area (Å²) < 4.78 is 7.99. The van der Waals surface area contributed by atoms with Gasteiger partial charge in [-0.25, -0.2) is 0 Å². The first-order chi connectivity index (χ1) is 9.66. The van der Waals surface area contributed by atoms with Crippen LogP contribution in [0.5, 0.6) is 5.75 Å². The zero-order valence-electron chi connectivity index (χ0n) is 11.6. The van der Waals surface area contributed by atoms with Crippen molar-refractivity contribution in [3.8, 4) is 5.75 Å². The Morgan fingerprint density at radius 1 is 1.10 bits per heavy atom. The number of aromatic nitrogens is 1. The van der Waals surface area contributed by atoms with Crippen molar-refractivity contribution in [2.45, 2.75) is 13.5 Å². The lowest BCUT2D eigenvalue weighted by atomic mass is 10.1. The fourth-order valence-corrected chi connectivity index (χ4v) is 2.61. The first kappa shape index (κ1) is 13.1. The maximum absolute atomic E-state index is 6.10. The van der Waals surface area contributed by atoms with E-state index in [1.54, 1.807) is 0 Å². The van der Waals surface area contributed by atoms with Crippen LogP contribution in [0.3, 0.4) is 0 Å². The Labute approximate surface area is 123 Å².